The molecule has 0 aliphatic heterocycles. The average Bonchev–Trinajstić information content (AvgIpc) is 2.68. The third-order valence-electron chi connectivity index (χ3n) is 4.73. The number of carbonyl (C=O) groups is 2. The second-order valence-corrected chi connectivity index (χ2v) is 7.50. The molecule has 1 amide bonds. The zero-order valence-corrected chi connectivity index (χ0v) is 19.3. The predicted octanol–water partition coefficient (Wildman–Crippen LogP) is 3.25. The van der Waals surface area contributed by atoms with Gasteiger partial charge in [-0.15, -0.1) is 23.2 Å². The van der Waals surface area contributed by atoms with E-state index in [1.165, 1.54) is 6.92 Å². The van der Waals surface area contributed by atoms with Crippen molar-refractivity contribution in [3.63, 3.8) is 0 Å². The topological polar surface area (TPSA) is 61.9 Å². The average molecular weight is 446 g/mol. The van der Waals surface area contributed by atoms with Crippen LogP contribution in [0.5, 0.6) is 0 Å². The molecule has 0 aliphatic rings. The summed E-state index contributed by atoms with van der Waals surface area (Å²) in [5, 5.41) is 2.71. The lowest BCUT2D eigenvalue weighted by atomic mass is 10.1. The Morgan fingerprint density at radius 1 is 1.07 bits per heavy atom. The Bertz CT molecular complexity index is 618. The summed E-state index contributed by atoms with van der Waals surface area (Å²) in [6, 6.07) is 7.10. The molecule has 1 aromatic rings. The van der Waals surface area contributed by atoms with Crippen molar-refractivity contribution in [2.45, 2.75) is 46.4 Å². The summed E-state index contributed by atoms with van der Waals surface area (Å²) >= 11 is 11.7. The van der Waals surface area contributed by atoms with Crippen LogP contribution in [-0.4, -0.2) is 67.0 Å². The van der Waals surface area contributed by atoms with Crippen molar-refractivity contribution >= 4 is 40.8 Å². The lowest BCUT2D eigenvalue weighted by Crippen LogP contribution is -2.46. The van der Waals surface area contributed by atoms with Crippen molar-refractivity contribution in [2.75, 3.05) is 42.8 Å². The fourth-order valence-corrected chi connectivity index (χ4v) is 3.56. The molecule has 29 heavy (non-hydrogen) atoms. The quantitative estimate of drug-likeness (QED) is 0.286. The van der Waals surface area contributed by atoms with Gasteiger partial charge in [0.05, 0.1) is 0 Å². The molecular formula is C21H33Cl2N3O3. The maximum atomic E-state index is 12.7. The minimum absolute atomic E-state index is 0.269. The van der Waals surface area contributed by atoms with Gasteiger partial charge in [0, 0.05) is 43.9 Å². The second kappa shape index (κ2) is 13.7. The molecule has 0 aromatic heterocycles. The van der Waals surface area contributed by atoms with Crippen LogP contribution in [0.1, 0.15) is 33.3 Å². The van der Waals surface area contributed by atoms with Crippen molar-refractivity contribution in [1.82, 2.24) is 10.2 Å². The first-order valence-corrected chi connectivity index (χ1v) is 11.1. The van der Waals surface area contributed by atoms with Crippen LogP contribution in [0.15, 0.2) is 24.3 Å². The van der Waals surface area contributed by atoms with E-state index in [9.17, 15) is 9.59 Å². The smallest absolute Gasteiger partial charge is 0.330 e. The number of rotatable bonds is 13. The summed E-state index contributed by atoms with van der Waals surface area (Å²) in [6.45, 7) is 10.2. The van der Waals surface area contributed by atoms with E-state index in [1.54, 1.807) is 0 Å². The van der Waals surface area contributed by atoms with E-state index in [1.807, 2.05) is 49.9 Å². The summed E-state index contributed by atoms with van der Waals surface area (Å²) in [5.74, 6) is 0.323. The van der Waals surface area contributed by atoms with Crippen molar-refractivity contribution in [3.05, 3.63) is 29.8 Å². The molecule has 0 spiro atoms. The third kappa shape index (κ3) is 8.81. The highest BCUT2D eigenvalue weighted by molar-refractivity contribution is 6.18. The highest BCUT2D eigenvalue weighted by Crippen LogP contribution is 2.17. The fourth-order valence-electron chi connectivity index (χ4n) is 3.15. The number of carbonyl (C=O) groups excluding carboxylic acids is 2. The molecule has 1 aromatic carbocycles. The molecular weight excluding hydrogens is 413 g/mol. The number of ether oxygens (including phenoxy) is 1. The van der Waals surface area contributed by atoms with Gasteiger partial charge in [0.1, 0.15) is 6.04 Å². The molecule has 164 valence electrons. The van der Waals surface area contributed by atoms with E-state index in [0.717, 1.165) is 24.3 Å². The summed E-state index contributed by atoms with van der Waals surface area (Å²) in [6.07, 6.45) is 0.00472. The molecule has 0 aliphatic carbocycles. The highest BCUT2D eigenvalue weighted by atomic mass is 35.5. The van der Waals surface area contributed by atoms with E-state index >= 15 is 0 Å². The minimum Gasteiger partial charge on any atom is -0.445 e. The molecule has 0 saturated carbocycles. The number of esters is 1. The van der Waals surface area contributed by atoms with E-state index < -0.39 is 12.0 Å². The molecule has 8 heteroatoms. The Kier molecular flexibility index (Phi) is 12.0. The number of nitrogens with zero attached hydrogens (tertiary/aromatic N) is 2. The van der Waals surface area contributed by atoms with Gasteiger partial charge in [-0.3, -0.25) is 9.69 Å². The van der Waals surface area contributed by atoms with Crippen LogP contribution in [0, 0.1) is 0 Å². The first kappa shape index (κ1) is 25.5. The van der Waals surface area contributed by atoms with Crippen LogP contribution in [0.4, 0.5) is 5.69 Å². The molecule has 2 atom stereocenters. The monoisotopic (exact) mass is 445 g/mol. The van der Waals surface area contributed by atoms with Gasteiger partial charge in [0.25, 0.3) is 0 Å². The number of hydrogen-bond donors (Lipinski definition) is 1. The van der Waals surface area contributed by atoms with Crippen LogP contribution in [0.3, 0.4) is 0 Å². The molecule has 6 nitrogen and oxygen atoms in total. The maximum Gasteiger partial charge on any atom is 0.330 e. The van der Waals surface area contributed by atoms with E-state index in [0.29, 0.717) is 31.3 Å². The molecule has 2 unspecified atom stereocenters. The van der Waals surface area contributed by atoms with Gasteiger partial charge in [-0.05, 0) is 37.7 Å². The van der Waals surface area contributed by atoms with Crippen LogP contribution < -0.4 is 10.2 Å². The summed E-state index contributed by atoms with van der Waals surface area (Å²) in [7, 11) is 0. The van der Waals surface area contributed by atoms with Crippen molar-refractivity contribution in [1.29, 1.82) is 0 Å². The van der Waals surface area contributed by atoms with Crippen LogP contribution in [0.2, 0.25) is 0 Å². The first-order valence-electron chi connectivity index (χ1n) is 10.0. The number of hydrogen-bond acceptors (Lipinski definition) is 5. The van der Waals surface area contributed by atoms with E-state index in [4.69, 9.17) is 27.9 Å². The Labute approximate surface area is 184 Å². The van der Waals surface area contributed by atoms with Crippen LogP contribution in [-0.2, 0) is 20.7 Å². The number of halogens is 2. The zero-order chi connectivity index (χ0) is 21.8. The van der Waals surface area contributed by atoms with Gasteiger partial charge in [-0.1, -0.05) is 26.0 Å². The highest BCUT2D eigenvalue weighted by Gasteiger charge is 2.25. The van der Waals surface area contributed by atoms with Gasteiger partial charge in [0.15, 0.2) is 6.23 Å². The number of benzene rings is 1. The molecule has 0 fully saturated rings. The van der Waals surface area contributed by atoms with Gasteiger partial charge >= 0.3 is 5.97 Å². The summed E-state index contributed by atoms with van der Waals surface area (Å²) in [4.78, 5) is 28.4. The normalized spacial score (nSPS) is 13.1. The Morgan fingerprint density at radius 3 is 2.07 bits per heavy atom. The van der Waals surface area contributed by atoms with Crippen molar-refractivity contribution < 1.29 is 14.3 Å². The number of anilines is 1. The van der Waals surface area contributed by atoms with E-state index in [-0.39, 0.29) is 12.1 Å². The largest absolute Gasteiger partial charge is 0.445 e. The molecule has 0 saturated heterocycles. The first-order chi connectivity index (χ1) is 13.9. The number of alkyl halides is 2. The van der Waals surface area contributed by atoms with Crippen LogP contribution >= 0.6 is 23.2 Å². The summed E-state index contributed by atoms with van der Waals surface area (Å²) in [5.41, 5.74) is 1.94. The van der Waals surface area contributed by atoms with Crippen molar-refractivity contribution in [2.24, 2.45) is 0 Å². The molecule has 1 N–H and O–H groups in total. The maximum absolute atomic E-state index is 12.7. The fraction of sp³-hybridized carbons (Fsp3) is 0.619. The van der Waals surface area contributed by atoms with E-state index in [2.05, 4.69) is 10.2 Å². The second-order valence-electron chi connectivity index (χ2n) is 6.75. The molecule has 0 heterocycles. The lowest BCUT2D eigenvalue weighted by Gasteiger charge is -2.28. The van der Waals surface area contributed by atoms with Crippen molar-refractivity contribution in [3.8, 4) is 0 Å². The Morgan fingerprint density at radius 2 is 1.62 bits per heavy atom. The summed E-state index contributed by atoms with van der Waals surface area (Å²) < 4.78 is 5.59. The van der Waals surface area contributed by atoms with Gasteiger partial charge in [-0.2, -0.15) is 0 Å². The van der Waals surface area contributed by atoms with Crippen LogP contribution in [0.25, 0.3) is 0 Å². The number of amides is 1. The standard InChI is InChI=1S/C21H33Cl2N3O3/c1-5-25(6-2)17(4)29-21(28)20(24-16(3)27)15-18-7-9-19(10-8-18)26(13-11-22)14-12-23/h7-10,17,20H,5-6,11-15H2,1-4H3,(H,24,27). The molecule has 1 rings (SSSR count). The Balaban J connectivity index is 2.86. The SMILES string of the molecule is CCN(CC)C(C)OC(=O)C(Cc1ccc(N(CCCl)CCCl)cc1)NC(C)=O. The number of nitrogens with one attached hydrogen (secondary N) is 1. The minimum atomic E-state index is -0.738. The van der Waals surface area contributed by atoms with Gasteiger partial charge < -0.3 is 15.0 Å². The van der Waals surface area contributed by atoms with Gasteiger partial charge in [0.2, 0.25) is 5.91 Å². The third-order valence-corrected chi connectivity index (χ3v) is 5.06. The zero-order valence-electron chi connectivity index (χ0n) is 17.8. The molecule has 0 bridgehead atoms. The Hall–Kier alpha value is -1.50. The molecule has 0 radical (unpaired) electrons. The predicted molar refractivity (Wildman–Crippen MR) is 120 cm³/mol. The lowest BCUT2D eigenvalue weighted by molar-refractivity contribution is -0.160. The van der Waals surface area contributed by atoms with Gasteiger partial charge in [-0.25, -0.2) is 4.79 Å².